The second-order valence-corrected chi connectivity index (χ2v) is 6.04. The lowest BCUT2D eigenvalue weighted by molar-refractivity contribution is -0.137. The van der Waals surface area contributed by atoms with E-state index >= 15 is 0 Å². The van der Waals surface area contributed by atoms with Crippen molar-refractivity contribution in [1.29, 1.82) is 0 Å². The molecule has 1 N–H and O–H groups in total. The Labute approximate surface area is 137 Å². The number of carboxylic acids is 1. The fourth-order valence-electron chi connectivity index (χ4n) is 2.85. The first-order chi connectivity index (χ1) is 11.1. The van der Waals surface area contributed by atoms with Crippen molar-refractivity contribution in [2.45, 2.75) is 32.6 Å². The molecule has 1 fully saturated rings. The minimum absolute atomic E-state index is 0.109. The first-order valence-electron chi connectivity index (χ1n) is 8.42. The van der Waals surface area contributed by atoms with E-state index in [1.165, 1.54) is 5.56 Å². The molecule has 1 aliphatic rings. The second kappa shape index (κ2) is 8.67. The summed E-state index contributed by atoms with van der Waals surface area (Å²) in [5.41, 5.74) is 2.00. The Morgan fingerprint density at radius 3 is 2.26 bits per heavy atom. The number of hydrogen-bond acceptors (Lipinski definition) is 3. The lowest BCUT2D eigenvalue weighted by Gasteiger charge is -2.34. The number of nitrogens with zero attached hydrogens (tertiary/aromatic N) is 2. The molecular weight excluding hydrogens is 292 g/mol. The molecule has 5 heteroatoms. The largest absolute Gasteiger partial charge is 0.481 e. The molecule has 1 aromatic carbocycles. The highest BCUT2D eigenvalue weighted by molar-refractivity contribution is 5.94. The van der Waals surface area contributed by atoms with Gasteiger partial charge in [-0.05, 0) is 43.5 Å². The van der Waals surface area contributed by atoms with Crippen LogP contribution in [0, 0.1) is 0 Å². The summed E-state index contributed by atoms with van der Waals surface area (Å²) in [6.07, 6.45) is 2.85. The van der Waals surface area contributed by atoms with Crippen LogP contribution in [0.4, 0.5) is 0 Å². The highest BCUT2D eigenvalue weighted by atomic mass is 16.4. The van der Waals surface area contributed by atoms with Gasteiger partial charge in [0.1, 0.15) is 0 Å². The van der Waals surface area contributed by atoms with Gasteiger partial charge in [-0.2, -0.15) is 0 Å². The molecule has 1 heterocycles. The van der Waals surface area contributed by atoms with Crippen molar-refractivity contribution in [2.75, 3.05) is 32.7 Å². The van der Waals surface area contributed by atoms with E-state index < -0.39 is 5.97 Å². The van der Waals surface area contributed by atoms with Crippen LogP contribution < -0.4 is 0 Å². The normalized spacial score (nSPS) is 15.6. The predicted octanol–water partition coefficient (Wildman–Crippen LogP) is 2.26. The summed E-state index contributed by atoms with van der Waals surface area (Å²) in [4.78, 5) is 27.2. The molecular formula is C18H26N2O3. The summed E-state index contributed by atoms with van der Waals surface area (Å²) < 4.78 is 0. The topological polar surface area (TPSA) is 60.9 Å². The zero-order chi connectivity index (χ0) is 16.7. The van der Waals surface area contributed by atoms with Crippen molar-refractivity contribution < 1.29 is 14.7 Å². The molecule has 0 bridgehead atoms. The number of hydrogen-bond donors (Lipinski definition) is 1. The Morgan fingerprint density at radius 1 is 1.04 bits per heavy atom. The molecule has 0 spiro atoms. The van der Waals surface area contributed by atoms with Gasteiger partial charge in [-0.3, -0.25) is 14.5 Å². The molecule has 1 aromatic rings. The smallest absolute Gasteiger partial charge is 0.303 e. The van der Waals surface area contributed by atoms with E-state index in [1.54, 1.807) is 0 Å². The van der Waals surface area contributed by atoms with Crippen LogP contribution in [0.1, 0.15) is 42.1 Å². The fraction of sp³-hybridized carbons (Fsp3) is 0.556. The van der Waals surface area contributed by atoms with Gasteiger partial charge in [0, 0.05) is 38.2 Å². The Hall–Kier alpha value is -1.88. The number of aryl methyl sites for hydroxylation is 1. The molecule has 0 radical (unpaired) electrons. The molecule has 2 rings (SSSR count). The number of carbonyl (C=O) groups excluding carboxylic acids is 1. The van der Waals surface area contributed by atoms with Gasteiger partial charge in [0.25, 0.3) is 5.91 Å². The van der Waals surface area contributed by atoms with Gasteiger partial charge in [0.2, 0.25) is 0 Å². The number of amides is 1. The number of rotatable bonds is 7. The third kappa shape index (κ3) is 5.36. The van der Waals surface area contributed by atoms with Crippen LogP contribution in [0.3, 0.4) is 0 Å². The average molecular weight is 318 g/mol. The van der Waals surface area contributed by atoms with E-state index in [2.05, 4.69) is 11.8 Å². The molecule has 1 saturated heterocycles. The molecule has 126 valence electrons. The van der Waals surface area contributed by atoms with Crippen molar-refractivity contribution in [2.24, 2.45) is 0 Å². The first kappa shape index (κ1) is 17.5. The number of carbonyl (C=O) groups is 2. The standard InChI is InChI=1S/C18H26N2O3/c1-2-15-6-8-16(9-7-15)18(23)20-13-11-19(12-14-20)10-4-3-5-17(21)22/h6-9H,2-5,10-14H2,1H3,(H,21,22). The zero-order valence-corrected chi connectivity index (χ0v) is 13.8. The minimum atomic E-state index is -0.727. The average Bonchev–Trinajstić information content (AvgIpc) is 2.58. The summed E-state index contributed by atoms with van der Waals surface area (Å²) in [6.45, 7) is 6.24. The number of benzene rings is 1. The number of piperazine rings is 1. The zero-order valence-electron chi connectivity index (χ0n) is 13.8. The van der Waals surface area contributed by atoms with Crippen LogP contribution in [-0.4, -0.2) is 59.5 Å². The third-order valence-corrected chi connectivity index (χ3v) is 4.38. The van der Waals surface area contributed by atoms with Gasteiger partial charge in [-0.25, -0.2) is 0 Å². The van der Waals surface area contributed by atoms with E-state index in [4.69, 9.17) is 5.11 Å². The van der Waals surface area contributed by atoms with Gasteiger partial charge >= 0.3 is 5.97 Å². The number of carboxylic acid groups (broad SMARTS) is 1. The quantitative estimate of drug-likeness (QED) is 0.784. The molecule has 0 saturated carbocycles. The minimum Gasteiger partial charge on any atom is -0.481 e. The van der Waals surface area contributed by atoms with E-state index in [9.17, 15) is 9.59 Å². The van der Waals surface area contributed by atoms with Gasteiger partial charge < -0.3 is 10.0 Å². The lowest BCUT2D eigenvalue weighted by Crippen LogP contribution is -2.48. The van der Waals surface area contributed by atoms with Crippen molar-refractivity contribution >= 4 is 11.9 Å². The second-order valence-electron chi connectivity index (χ2n) is 6.04. The maximum Gasteiger partial charge on any atom is 0.303 e. The van der Waals surface area contributed by atoms with Crippen molar-refractivity contribution in [3.8, 4) is 0 Å². The summed E-state index contributed by atoms with van der Waals surface area (Å²) in [5, 5.41) is 8.63. The Balaban J connectivity index is 1.74. The number of aliphatic carboxylic acids is 1. The molecule has 23 heavy (non-hydrogen) atoms. The van der Waals surface area contributed by atoms with Gasteiger partial charge in [-0.15, -0.1) is 0 Å². The Bertz CT molecular complexity index is 520. The molecule has 0 aromatic heterocycles. The molecule has 5 nitrogen and oxygen atoms in total. The third-order valence-electron chi connectivity index (χ3n) is 4.38. The SMILES string of the molecule is CCc1ccc(C(=O)N2CCN(CCCCC(=O)O)CC2)cc1. The Kier molecular flexibility index (Phi) is 6.59. The van der Waals surface area contributed by atoms with Gasteiger partial charge in [0.15, 0.2) is 0 Å². The van der Waals surface area contributed by atoms with Crippen molar-refractivity contribution in [1.82, 2.24) is 9.80 Å². The van der Waals surface area contributed by atoms with Crippen LogP contribution in [0.25, 0.3) is 0 Å². The predicted molar refractivity (Wildman–Crippen MR) is 89.7 cm³/mol. The van der Waals surface area contributed by atoms with Crippen LogP contribution in [0.5, 0.6) is 0 Å². The van der Waals surface area contributed by atoms with Crippen LogP contribution in [0.15, 0.2) is 24.3 Å². The summed E-state index contributed by atoms with van der Waals surface area (Å²) >= 11 is 0. The Morgan fingerprint density at radius 2 is 1.70 bits per heavy atom. The first-order valence-corrected chi connectivity index (χ1v) is 8.42. The van der Waals surface area contributed by atoms with Crippen molar-refractivity contribution in [3.63, 3.8) is 0 Å². The van der Waals surface area contributed by atoms with E-state index in [1.807, 2.05) is 29.2 Å². The summed E-state index contributed by atoms with van der Waals surface area (Å²) in [5.74, 6) is -0.618. The van der Waals surface area contributed by atoms with Crippen LogP contribution >= 0.6 is 0 Å². The van der Waals surface area contributed by atoms with E-state index in [-0.39, 0.29) is 12.3 Å². The molecule has 1 amide bonds. The van der Waals surface area contributed by atoms with E-state index in [0.29, 0.717) is 0 Å². The monoisotopic (exact) mass is 318 g/mol. The summed E-state index contributed by atoms with van der Waals surface area (Å²) in [6, 6.07) is 7.87. The molecule has 0 aliphatic carbocycles. The highest BCUT2D eigenvalue weighted by Crippen LogP contribution is 2.11. The lowest BCUT2D eigenvalue weighted by atomic mass is 10.1. The molecule has 0 atom stereocenters. The molecule has 1 aliphatic heterocycles. The van der Waals surface area contributed by atoms with Crippen molar-refractivity contribution in [3.05, 3.63) is 35.4 Å². The van der Waals surface area contributed by atoms with E-state index in [0.717, 1.165) is 57.5 Å². The van der Waals surface area contributed by atoms with Crippen LogP contribution in [0.2, 0.25) is 0 Å². The maximum absolute atomic E-state index is 12.5. The highest BCUT2D eigenvalue weighted by Gasteiger charge is 2.21. The van der Waals surface area contributed by atoms with Gasteiger partial charge in [0.05, 0.1) is 0 Å². The van der Waals surface area contributed by atoms with Gasteiger partial charge in [-0.1, -0.05) is 19.1 Å². The van der Waals surface area contributed by atoms with Crippen LogP contribution in [-0.2, 0) is 11.2 Å². The molecule has 0 unspecified atom stereocenters. The fourth-order valence-corrected chi connectivity index (χ4v) is 2.85. The maximum atomic E-state index is 12.5. The number of unbranched alkanes of at least 4 members (excludes halogenated alkanes) is 1. The summed E-state index contributed by atoms with van der Waals surface area (Å²) in [7, 11) is 0.